The Labute approximate surface area is 131 Å². The number of nitrogens with zero attached hydrogens (tertiary/aromatic N) is 2. The maximum absolute atomic E-state index is 11.1. The quantitative estimate of drug-likeness (QED) is 0.472. The van der Waals surface area contributed by atoms with Crippen molar-refractivity contribution in [1.29, 1.82) is 0 Å². The van der Waals surface area contributed by atoms with Crippen LogP contribution in [0.3, 0.4) is 0 Å². The van der Waals surface area contributed by atoms with Gasteiger partial charge in [-0.3, -0.25) is 15.0 Å². The Kier molecular flexibility index (Phi) is 4.39. The average Bonchev–Trinajstić information content (AvgIpc) is 2.50. The van der Waals surface area contributed by atoms with E-state index < -0.39 is 17.4 Å². The van der Waals surface area contributed by atoms with Gasteiger partial charge in [0.2, 0.25) is 0 Å². The second-order valence-corrected chi connectivity index (χ2v) is 6.58. The molecule has 120 valence electrons. The van der Waals surface area contributed by atoms with Crippen molar-refractivity contribution >= 4 is 28.8 Å². The Morgan fingerprint density at radius 2 is 1.95 bits per heavy atom. The van der Waals surface area contributed by atoms with E-state index >= 15 is 0 Å². The van der Waals surface area contributed by atoms with E-state index in [2.05, 4.69) is 15.5 Å². The zero-order valence-corrected chi connectivity index (χ0v) is 12.7. The van der Waals surface area contributed by atoms with Crippen LogP contribution >= 0.6 is 11.8 Å². The van der Waals surface area contributed by atoms with Crippen LogP contribution in [0.25, 0.3) is 0 Å². The van der Waals surface area contributed by atoms with Gasteiger partial charge in [0, 0.05) is 43.3 Å². The van der Waals surface area contributed by atoms with E-state index in [0.717, 1.165) is 30.2 Å². The van der Waals surface area contributed by atoms with Crippen molar-refractivity contribution in [2.24, 2.45) is 0 Å². The first kappa shape index (κ1) is 15.3. The number of nitro groups is 1. The summed E-state index contributed by atoms with van der Waals surface area (Å²) in [6.07, 6.45) is -2.35. The molecule has 1 aromatic carbocycles. The Hall–Kier alpha value is -1.55. The summed E-state index contributed by atoms with van der Waals surface area (Å²) >= 11 is 1.90. The average molecular weight is 326 g/mol. The zero-order chi connectivity index (χ0) is 15.7. The molecule has 0 amide bonds. The molecule has 0 saturated carbocycles. The Balaban J connectivity index is 1.94. The highest BCUT2D eigenvalue weighted by Crippen LogP contribution is 2.36. The molecule has 9 heteroatoms. The minimum absolute atomic E-state index is 0.0296. The number of fused-ring (bicyclic) bond motifs is 1. The molecule has 2 aliphatic heterocycles. The lowest BCUT2D eigenvalue weighted by Gasteiger charge is -2.33. The van der Waals surface area contributed by atoms with Gasteiger partial charge < -0.3 is 20.8 Å². The highest BCUT2D eigenvalue weighted by molar-refractivity contribution is 7.99. The van der Waals surface area contributed by atoms with Crippen molar-refractivity contribution in [1.82, 2.24) is 4.90 Å². The second-order valence-electron chi connectivity index (χ2n) is 5.35. The van der Waals surface area contributed by atoms with Crippen LogP contribution in [0, 0.1) is 10.1 Å². The van der Waals surface area contributed by atoms with E-state index in [1.807, 2.05) is 11.8 Å². The number of hydrogen-bond donors (Lipinski definition) is 4. The molecular formula is C13H18N4O4S. The normalized spacial score (nSPS) is 25.0. The smallest absolute Gasteiger partial charge is 0.271 e. The van der Waals surface area contributed by atoms with Crippen molar-refractivity contribution in [2.45, 2.75) is 19.0 Å². The molecule has 1 fully saturated rings. The fourth-order valence-electron chi connectivity index (χ4n) is 2.67. The first-order valence-electron chi connectivity index (χ1n) is 7.05. The fraction of sp³-hybridized carbons (Fsp3) is 0.538. The maximum Gasteiger partial charge on any atom is 0.271 e. The van der Waals surface area contributed by atoms with Crippen molar-refractivity contribution in [3.8, 4) is 0 Å². The summed E-state index contributed by atoms with van der Waals surface area (Å²) in [6.45, 7) is 2.43. The highest BCUT2D eigenvalue weighted by atomic mass is 32.2. The molecule has 0 bridgehead atoms. The first-order chi connectivity index (χ1) is 10.5. The predicted molar refractivity (Wildman–Crippen MR) is 85.0 cm³/mol. The minimum Gasteiger partial charge on any atom is -0.369 e. The van der Waals surface area contributed by atoms with Crippen LogP contribution in [0.1, 0.15) is 5.56 Å². The van der Waals surface area contributed by atoms with E-state index in [9.17, 15) is 20.3 Å². The molecule has 1 aromatic rings. The molecular weight excluding hydrogens is 308 g/mol. The monoisotopic (exact) mass is 326 g/mol. The largest absolute Gasteiger partial charge is 0.369 e. The number of aliphatic hydroxyl groups is 2. The summed E-state index contributed by atoms with van der Waals surface area (Å²) in [7, 11) is 0. The van der Waals surface area contributed by atoms with Crippen LogP contribution < -0.4 is 10.6 Å². The minimum atomic E-state index is -1.20. The molecule has 3 rings (SSSR count). The lowest BCUT2D eigenvalue weighted by Crippen LogP contribution is -2.43. The van der Waals surface area contributed by atoms with Crippen LogP contribution in [0.2, 0.25) is 0 Å². The van der Waals surface area contributed by atoms with Crippen LogP contribution in [0.15, 0.2) is 12.1 Å². The number of nitrogens with one attached hydrogen (secondary N) is 2. The molecule has 2 aliphatic rings. The van der Waals surface area contributed by atoms with Crippen molar-refractivity contribution in [2.75, 3.05) is 35.2 Å². The molecule has 4 N–H and O–H groups in total. The van der Waals surface area contributed by atoms with Gasteiger partial charge in [-0.05, 0) is 5.56 Å². The van der Waals surface area contributed by atoms with Gasteiger partial charge in [-0.1, -0.05) is 0 Å². The van der Waals surface area contributed by atoms with E-state index in [1.54, 1.807) is 0 Å². The topological polar surface area (TPSA) is 111 Å². The summed E-state index contributed by atoms with van der Waals surface area (Å²) in [6, 6.07) is 2.90. The lowest BCUT2D eigenvalue weighted by molar-refractivity contribution is -0.384. The SMILES string of the molecule is O=[N+]([O-])c1cc(CN2CCSCC2)c2c(c1)NC(O)C(O)N2. The Bertz CT molecular complexity index is 579. The third kappa shape index (κ3) is 3.12. The van der Waals surface area contributed by atoms with Crippen LogP contribution in [0.4, 0.5) is 17.1 Å². The van der Waals surface area contributed by atoms with Gasteiger partial charge in [-0.2, -0.15) is 11.8 Å². The molecule has 22 heavy (non-hydrogen) atoms. The fourth-order valence-corrected chi connectivity index (χ4v) is 3.64. The zero-order valence-electron chi connectivity index (χ0n) is 11.9. The van der Waals surface area contributed by atoms with E-state index in [0.29, 0.717) is 17.9 Å². The van der Waals surface area contributed by atoms with Gasteiger partial charge in [-0.25, -0.2) is 0 Å². The van der Waals surface area contributed by atoms with E-state index in [1.165, 1.54) is 12.1 Å². The highest BCUT2D eigenvalue weighted by Gasteiger charge is 2.28. The Morgan fingerprint density at radius 3 is 2.64 bits per heavy atom. The number of thioether (sulfide) groups is 1. The second kappa shape index (κ2) is 6.29. The number of rotatable bonds is 3. The van der Waals surface area contributed by atoms with Crippen LogP contribution in [-0.2, 0) is 6.54 Å². The maximum atomic E-state index is 11.1. The molecule has 0 aliphatic carbocycles. The van der Waals surface area contributed by atoms with Gasteiger partial charge in [0.05, 0.1) is 16.3 Å². The summed E-state index contributed by atoms with van der Waals surface area (Å²) in [5, 5.41) is 36.0. The molecule has 0 spiro atoms. The van der Waals surface area contributed by atoms with E-state index in [-0.39, 0.29) is 5.69 Å². The third-order valence-corrected chi connectivity index (χ3v) is 4.75. The number of hydrogen-bond acceptors (Lipinski definition) is 8. The molecule has 2 unspecified atom stereocenters. The summed E-state index contributed by atoms with van der Waals surface area (Å²) < 4.78 is 0. The Morgan fingerprint density at radius 1 is 1.27 bits per heavy atom. The number of anilines is 2. The van der Waals surface area contributed by atoms with Gasteiger partial charge >= 0.3 is 0 Å². The van der Waals surface area contributed by atoms with Crippen molar-refractivity contribution in [3.63, 3.8) is 0 Å². The van der Waals surface area contributed by atoms with Crippen molar-refractivity contribution in [3.05, 3.63) is 27.8 Å². The van der Waals surface area contributed by atoms with Crippen LogP contribution in [-0.4, -0.2) is 57.1 Å². The molecule has 0 radical (unpaired) electrons. The van der Waals surface area contributed by atoms with Crippen LogP contribution in [0.5, 0.6) is 0 Å². The molecule has 2 atom stereocenters. The summed E-state index contributed by atoms with van der Waals surface area (Å²) in [4.78, 5) is 12.9. The molecule has 1 saturated heterocycles. The summed E-state index contributed by atoms with van der Waals surface area (Å²) in [5.41, 5.74) is 1.77. The number of nitro benzene ring substituents is 1. The predicted octanol–water partition coefficient (Wildman–Crippen LogP) is 0.618. The van der Waals surface area contributed by atoms with E-state index in [4.69, 9.17) is 0 Å². The summed E-state index contributed by atoms with van der Waals surface area (Å²) in [5.74, 6) is 2.09. The van der Waals surface area contributed by atoms with Gasteiger partial charge in [-0.15, -0.1) is 0 Å². The first-order valence-corrected chi connectivity index (χ1v) is 8.20. The molecule has 8 nitrogen and oxygen atoms in total. The number of non-ortho nitro benzene ring substituents is 1. The standard InChI is InChI=1S/C13H18N4O4S/c18-12-13(19)15-11-8(7-16-1-3-22-4-2-16)5-9(17(20)21)6-10(11)14-12/h5-6,12-15,18-19H,1-4,7H2. The van der Waals surface area contributed by atoms with Gasteiger partial charge in [0.1, 0.15) is 0 Å². The molecule has 2 heterocycles. The number of benzene rings is 1. The number of aliphatic hydroxyl groups excluding tert-OH is 2. The lowest BCUT2D eigenvalue weighted by atomic mass is 10.1. The van der Waals surface area contributed by atoms with Gasteiger partial charge in [0.15, 0.2) is 12.5 Å². The van der Waals surface area contributed by atoms with Gasteiger partial charge in [0.25, 0.3) is 5.69 Å². The van der Waals surface area contributed by atoms with Crippen molar-refractivity contribution < 1.29 is 15.1 Å². The third-order valence-electron chi connectivity index (χ3n) is 3.81. The molecule has 0 aromatic heterocycles.